The fourth-order valence-electron chi connectivity index (χ4n) is 4.48. The first-order chi connectivity index (χ1) is 21.8. The highest BCUT2D eigenvalue weighted by Crippen LogP contribution is 2.47. The van der Waals surface area contributed by atoms with Crippen LogP contribution >= 0.6 is 0 Å². The summed E-state index contributed by atoms with van der Waals surface area (Å²) in [4.78, 5) is -0.630. The predicted octanol–water partition coefficient (Wildman–Crippen LogP) is 8.22. The van der Waals surface area contributed by atoms with Crippen LogP contribution in [-0.4, -0.2) is 29.3 Å². The van der Waals surface area contributed by atoms with Gasteiger partial charge in [-0.3, -0.25) is 8.86 Å². The minimum Gasteiger partial charge on any atom is -0.505 e. The van der Waals surface area contributed by atoms with Crippen molar-refractivity contribution in [3.05, 3.63) is 102 Å². The molecule has 1 unspecified atom stereocenters. The number of benzene rings is 5. The van der Waals surface area contributed by atoms with Crippen molar-refractivity contribution < 1.29 is 26.5 Å². The highest BCUT2D eigenvalue weighted by molar-refractivity contribution is 7.86. The van der Waals surface area contributed by atoms with Gasteiger partial charge >= 0.3 is 11.3 Å². The highest BCUT2D eigenvalue weighted by Gasteiger charge is 2.24. The maximum atomic E-state index is 12.7. The molecule has 4 N–H and O–H groups in total. The summed E-state index contributed by atoms with van der Waals surface area (Å²) < 4.78 is 54.2. The third-order valence-electron chi connectivity index (χ3n) is 7.01. The predicted molar refractivity (Wildman–Crippen MR) is 179 cm³/mol. The third-order valence-corrected chi connectivity index (χ3v) is 8.87. The summed E-state index contributed by atoms with van der Waals surface area (Å²) in [7, 11) is -3.14. The maximum Gasteiger partial charge on any atom is 0.318 e. The van der Waals surface area contributed by atoms with Gasteiger partial charge in [0.25, 0.3) is 10.1 Å². The molecule has 0 heterocycles. The minimum atomic E-state index is -4.80. The van der Waals surface area contributed by atoms with E-state index in [4.69, 9.17) is 9.92 Å². The molecule has 0 fully saturated rings. The van der Waals surface area contributed by atoms with Gasteiger partial charge in [-0.1, -0.05) is 35.4 Å². The zero-order valence-corrected chi connectivity index (χ0v) is 26.9. The molecule has 5 rings (SSSR count). The van der Waals surface area contributed by atoms with Crippen molar-refractivity contribution in [2.24, 2.45) is 20.5 Å². The van der Waals surface area contributed by atoms with E-state index in [1.165, 1.54) is 4.31 Å². The molecule has 0 spiro atoms. The van der Waals surface area contributed by atoms with Crippen molar-refractivity contribution in [1.82, 2.24) is 0 Å². The quantitative estimate of drug-likeness (QED) is 0.0810. The molecule has 46 heavy (non-hydrogen) atoms. The van der Waals surface area contributed by atoms with Crippen LogP contribution in [0.5, 0.6) is 11.5 Å². The average molecular weight is 659 g/mol. The molecule has 0 saturated carbocycles. The summed E-state index contributed by atoms with van der Waals surface area (Å²) >= 11 is -1.79. The number of aromatic hydroxyl groups is 1. The van der Waals surface area contributed by atoms with Gasteiger partial charge in [0.15, 0.2) is 5.75 Å². The molecule has 0 aliphatic rings. The highest BCUT2D eigenvalue weighted by atomic mass is 32.2. The molecular weight excluding hydrogens is 629 g/mol. The molecule has 14 heteroatoms. The Morgan fingerprint density at radius 2 is 1.30 bits per heavy atom. The lowest BCUT2D eigenvalue weighted by molar-refractivity contribution is 0.472. The molecule has 0 radical (unpaired) electrons. The van der Waals surface area contributed by atoms with Crippen LogP contribution in [0, 0.1) is 20.8 Å². The number of fused-ring (bicyclic) bond motifs is 1. The van der Waals surface area contributed by atoms with E-state index in [1.54, 1.807) is 68.6 Å². The van der Waals surface area contributed by atoms with E-state index in [2.05, 4.69) is 20.5 Å². The van der Waals surface area contributed by atoms with Gasteiger partial charge in [0.2, 0.25) is 0 Å². The Labute approximate surface area is 268 Å². The number of rotatable bonds is 9. The van der Waals surface area contributed by atoms with E-state index in [9.17, 15) is 22.3 Å². The van der Waals surface area contributed by atoms with Crippen LogP contribution in [-0.2, 0) is 21.4 Å². The molecule has 0 amide bonds. The van der Waals surface area contributed by atoms with Gasteiger partial charge in [0.05, 0.1) is 28.1 Å². The SMILES string of the molecule is Cc1ccc(N=Nc2c(S(=O)(=O)O)cc3cc(C)c(N=Nc4ccc(OS(=O)N(C)c5ccc(C)cc5)cc4)c(N)c3c2O)cc1. The number of nitrogen functional groups attached to an aromatic ring is 1. The van der Waals surface area contributed by atoms with Crippen molar-refractivity contribution in [3.8, 4) is 11.5 Å². The van der Waals surface area contributed by atoms with Crippen LogP contribution < -0.4 is 14.2 Å². The second-order valence-corrected chi connectivity index (χ2v) is 13.0. The van der Waals surface area contributed by atoms with Crippen molar-refractivity contribution in [3.63, 3.8) is 0 Å². The van der Waals surface area contributed by atoms with E-state index in [-0.39, 0.29) is 22.1 Å². The van der Waals surface area contributed by atoms with E-state index in [0.717, 1.165) is 22.9 Å². The Kier molecular flexibility index (Phi) is 9.14. The van der Waals surface area contributed by atoms with Crippen LogP contribution in [0.2, 0.25) is 0 Å². The molecule has 5 aromatic rings. The van der Waals surface area contributed by atoms with Gasteiger partial charge in [0, 0.05) is 7.05 Å². The Morgan fingerprint density at radius 1 is 0.783 bits per heavy atom. The first-order valence-corrected chi connectivity index (χ1v) is 16.3. The average Bonchev–Trinajstić information content (AvgIpc) is 3.01. The molecule has 236 valence electrons. The lowest BCUT2D eigenvalue weighted by Gasteiger charge is -2.17. The summed E-state index contributed by atoms with van der Waals surface area (Å²) in [6, 6.07) is 23.6. The van der Waals surface area contributed by atoms with E-state index >= 15 is 0 Å². The van der Waals surface area contributed by atoms with Gasteiger partial charge < -0.3 is 15.0 Å². The number of anilines is 2. The Bertz CT molecular complexity index is 2120. The number of azo groups is 2. The van der Waals surface area contributed by atoms with Crippen LogP contribution in [0.3, 0.4) is 0 Å². The summed E-state index contributed by atoms with van der Waals surface area (Å²) in [5.41, 5.74) is 10.4. The van der Waals surface area contributed by atoms with Crippen molar-refractivity contribution in [2.75, 3.05) is 17.1 Å². The standard InChI is InChI=1S/C32H30N6O6S2/c1-19-5-9-23(10-6-19)35-37-31-27(46(41,42)43)18-22-17-21(3)30(29(33)28(22)32(31)39)36-34-24-11-15-26(16-12-24)44-45(40)38(4)25-13-7-20(2)8-14-25/h5-18,39H,33H2,1-4H3,(H,41,42,43). The minimum absolute atomic E-state index is 0.0133. The Hall–Kier alpha value is -5.18. The number of nitrogens with two attached hydrogens (primary N) is 1. The Balaban J connectivity index is 1.44. The lowest BCUT2D eigenvalue weighted by Crippen LogP contribution is -2.24. The molecule has 0 aromatic heterocycles. The largest absolute Gasteiger partial charge is 0.505 e. The maximum absolute atomic E-state index is 12.7. The fourth-order valence-corrected chi connectivity index (χ4v) is 5.82. The number of hydrogen-bond donors (Lipinski definition) is 3. The first-order valence-electron chi connectivity index (χ1n) is 13.8. The normalized spacial score (nSPS) is 12.6. The molecule has 1 atom stereocenters. The van der Waals surface area contributed by atoms with Crippen LogP contribution in [0.4, 0.5) is 34.1 Å². The van der Waals surface area contributed by atoms with E-state index in [1.807, 2.05) is 38.1 Å². The number of aryl methyl sites for hydroxylation is 3. The topological polar surface area (TPSA) is 180 Å². The summed E-state index contributed by atoms with van der Waals surface area (Å²) in [6.07, 6.45) is 0. The second kappa shape index (κ2) is 13.0. The van der Waals surface area contributed by atoms with Gasteiger partial charge in [-0.15, -0.1) is 10.2 Å². The monoisotopic (exact) mass is 658 g/mol. The molecule has 0 bridgehead atoms. The van der Waals surface area contributed by atoms with Gasteiger partial charge in [-0.2, -0.15) is 22.9 Å². The smallest absolute Gasteiger partial charge is 0.318 e. The van der Waals surface area contributed by atoms with Crippen LogP contribution in [0.1, 0.15) is 16.7 Å². The molecule has 0 aliphatic carbocycles. The molecule has 0 saturated heterocycles. The van der Waals surface area contributed by atoms with Crippen molar-refractivity contribution in [1.29, 1.82) is 0 Å². The summed E-state index contributed by atoms with van der Waals surface area (Å²) in [6.45, 7) is 5.55. The third kappa shape index (κ3) is 7.04. The lowest BCUT2D eigenvalue weighted by atomic mass is 10.0. The molecule has 12 nitrogen and oxygen atoms in total. The van der Waals surface area contributed by atoms with Crippen LogP contribution in [0.25, 0.3) is 10.8 Å². The number of hydrogen-bond acceptors (Lipinski definition) is 10. The Morgan fingerprint density at radius 3 is 1.87 bits per heavy atom. The first kappa shape index (κ1) is 32.2. The van der Waals surface area contributed by atoms with E-state index in [0.29, 0.717) is 22.7 Å². The number of nitrogens with zero attached hydrogens (tertiary/aromatic N) is 5. The summed E-state index contributed by atoms with van der Waals surface area (Å²) in [5.74, 6) is -0.246. The van der Waals surface area contributed by atoms with Gasteiger partial charge in [0.1, 0.15) is 22.0 Å². The second-order valence-electron chi connectivity index (χ2n) is 10.5. The molecular formula is C32H30N6O6S2. The number of phenols is 1. The summed E-state index contributed by atoms with van der Waals surface area (Å²) in [5, 5.41) is 28.0. The number of phenolic OH excluding ortho intramolecular Hbond substituents is 1. The van der Waals surface area contributed by atoms with Gasteiger partial charge in [-0.05, 0) is 92.4 Å². The van der Waals surface area contributed by atoms with Gasteiger partial charge in [-0.25, -0.2) is 0 Å². The van der Waals surface area contributed by atoms with Crippen LogP contribution in [0.15, 0.2) is 110 Å². The van der Waals surface area contributed by atoms with Crippen molar-refractivity contribution in [2.45, 2.75) is 25.7 Å². The fraction of sp³-hybridized carbons (Fsp3) is 0.125. The van der Waals surface area contributed by atoms with Crippen molar-refractivity contribution >= 4 is 66.3 Å². The zero-order valence-electron chi connectivity index (χ0n) is 25.2. The molecule has 5 aromatic carbocycles. The molecule has 0 aliphatic heterocycles. The zero-order chi connectivity index (χ0) is 33.2. The van der Waals surface area contributed by atoms with E-state index < -0.39 is 37.7 Å².